The number of nitriles is 1. The van der Waals surface area contributed by atoms with Crippen LogP contribution in [0.3, 0.4) is 0 Å². The van der Waals surface area contributed by atoms with Crippen LogP contribution in [0.1, 0.15) is 43.5 Å². The van der Waals surface area contributed by atoms with Crippen molar-refractivity contribution in [2.24, 2.45) is 0 Å². The molecule has 0 amide bonds. The van der Waals surface area contributed by atoms with Crippen LogP contribution in [0.25, 0.3) is 0 Å². The molecule has 2 heterocycles. The number of rotatable bonds is 2. The third-order valence-electron chi connectivity index (χ3n) is 3.49. The second-order valence-electron chi connectivity index (χ2n) is 5.86. The molecule has 0 aromatic carbocycles. The van der Waals surface area contributed by atoms with Crippen molar-refractivity contribution in [1.29, 1.82) is 5.26 Å². The molecule has 4 heteroatoms. The van der Waals surface area contributed by atoms with E-state index in [-0.39, 0.29) is 5.60 Å². The molecule has 0 bridgehead atoms. The van der Waals surface area contributed by atoms with Crippen LogP contribution in [0.15, 0.2) is 6.07 Å². The summed E-state index contributed by atoms with van der Waals surface area (Å²) in [4.78, 5) is 4.47. The number of nitrogens with one attached hydrogen (secondary N) is 1. The lowest BCUT2D eigenvalue weighted by molar-refractivity contribution is -0.0553. The summed E-state index contributed by atoms with van der Waals surface area (Å²) < 4.78 is 5.71. The SMILES string of the molecule is Cc1cc(C)c(C#N)c(NC2CCOC(C)(C)C2)n1. The van der Waals surface area contributed by atoms with Crippen molar-refractivity contribution in [3.05, 3.63) is 22.9 Å². The van der Waals surface area contributed by atoms with Gasteiger partial charge in [-0.3, -0.25) is 0 Å². The van der Waals surface area contributed by atoms with Crippen LogP contribution in [0.4, 0.5) is 5.82 Å². The minimum Gasteiger partial charge on any atom is -0.375 e. The topological polar surface area (TPSA) is 57.9 Å². The van der Waals surface area contributed by atoms with E-state index >= 15 is 0 Å². The Morgan fingerprint density at radius 2 is 2.21 bits per heavy atom. The maximum Gasteiger partial charge on any atom is 0.144 e. The third kappa shape index (κ3) is 3.24. The van der Waals surface area contributed by atoms with Crippen LogP contribution in [0.2, 0.25) is 0 Å². The Labute approximate surface area is 114 Å². The van der Waals surface area contributed by atoms with E-state index in [0.717, 1.165) is 30.7 Å². The van der Waals surface area contributed by atoms with Crippen molar-refractivity contribution in [1.82, 2.24) is 4.98 Å². The summed E-state index contributed by atoms with van der Waals surface area (Å²) in [5.74, 6) is 0.711. The van der Waals surface area contributed by atoms with Crippen molar-refractivity contribution in [2.45, 2.75) is 52.2 Å². The third-order valence-corrected chi connectivity index (χ3v) is 3.49. The molecule has 19 heavy (non-hydrogen) atoms. The molecule has 4 nitrogen and oxygen atoms in total. The Morgan fingerprint density at radius 1 is 1.47 bits per heavy atom. The molecule has 0 spiro atoms. The largest absolute Gasteiger partial charge is 0.375 e. The monoisotopic (exact) mass is 259 g/mol. The van der Waals surface area contributed by atoms with Gasteiger partial charge >= 0.3 is 0 Å². The summed E-state index contributed by atoms with van der Waals surface area (Å²) in [5, 5.41) is 12.7. The average Bonchev–Trinajstić information content (AvgIpc) is 2.26. The maximum atomic E-state index is 9.27. The minimum absolute atomic E-state index is 0.110. The molecule has 1 N–H and O–H groups in total. The van der Waals surface area contributed by atoms with E-state index in [4.69, 9.17) is 4.74 Å². The molecule has 1 saturated heterocycles. The molecule has 1 unspecified atom stereocenters. The number of aromatic nitrogens is 1. The summed E-state index contributed by atoms with van der Waals surface area (Å²) in [6.07, 6.45) is 1.87. The van der Waals surface area contributed by atoms with Crippen molar-refractivity contribution in [3.63, 3.8) is 0 Å². The molecule has 1 aliphatic heterocycles. The molecule has 0 aliphatic carbocycles. The highest BCUT2D eigenvalue weighted by molar-refractivity contribution is 5.56. The first-order valence-electron chi connectivity index (χ1n) is 6.70. The van der Waals surface area contributed by atoms with Gasteiger partial charge < -0.3 is 10.1 Å². The Balaban J connectivity index is 2.22. The zero-order chi connectivity index (χ0) is 14.0. The van der Waals surface area contributed by atoms with Crippen molar-refractivity contribution < 1.29 is 4.74 Å². The van der Waals surface area contributed by atoms with Gasteiger partial charge in [-0.25, -0.2) is 4.98 Å². The van der Waals surface area contributed by atoms with Gasteiger partial charge in [-0.1, -0.05) is 0 Å². The molecule has 1 atom stereocenters. The van der Waals surface area contributed by atoms with Gasteiger partial charge in [-0.2, -0.15) is 5.26 Å². The number of nitrogens with zero attached hydrogens (tertiary/aromatic N) is 2. The minimum atomic E-state index is -0.110. The zero-order valence-electron chi connectivity index (χ0n) is 12.1. The molecule has 0 saturated carbocycles. The van der Waals surface area contributed by atoms with Crippen LogP contribution in [0, 0.1) is 25.2 Å². The van der Waals surface area contributed by atoms with Crippen molar-refractivity contribution in [3.8, 4) is 6.07 Å². The van der Waals surface area contributed by atoms with E-state index in [1.807, 2.05) is 19.9 Å². The summed E-state index contributed by atoms with van der Waals surface area (Å²) >= 11 is 0. The van der Waals surface area contributed by atoms with E-state index < -0.39 is 0 Å². The van der Waals surface area contributed by atoms with E-state index in [1.54, 1.807) is 0 Å². The van der Waals surface area contributed by atoms with Crippen LogP contribution < -0.4 is 5.32 Å². The standard InChI is InChI=1S/C15H21N3O/c1-10-7-11(2)17-14(13(10)9-16)18-12-5-6-19-15(3,4)8-12/h7,12H,5-6,8H2,1-4H3,(H,17,18). The molecule has 2 rings (SSSR count). The Bertz CT molecular complexity index is 517. The lowest BCUT2D eigenvalue weighted by Crippen LogP contribution is -2.40. The molecule has 0 radical (unpaired) electrons. The Hall–Kier alpha value is -1.60. The first-order valence-corrected chi connectivity index (χ1v) is 6.70. The molecule has 1 aromatic heterocycles. The van der Waals surface area contributed by atoms with Crippen molar-refractivity contribution >= 4 is 5.82 Å². The summed E-state index contributed by atoms with van der Waals surface area (Å²) in [5.41, 5.74) is 2.45. The fourth-order valence-corrected chi connectivity index (χ4v) is 2.63. The van der Waals surface area contributed by atoms with E-state index in [2.05, 4.69) is 30.2 Å². The van der Waals surface area contributed by atoms with Gasteiger partial charge in [0.25, 0.3) is 0 Å². The van der Waals surface area contributed by atoms with Gasteiger partial charge in [0, 0.05) is 18.3 Å². The highest BCUT2D eigenvalue weighted by Crippen LogP contribution is 2.27. The molecule has 1 aromatic rings. The molecular formula is C15H21N3O. The smallest absolute Gasteiger partial charge is 0.144 e. The lowest BCUT2D eigenvalue weighted by atomic mass is 9.94. The lowest BCUT2D eigenvalue weighted by Gasteiger charge is -2.36. The van der Waals surface area contributed by atoms with Crippen LogP contribution in [-0.2, 0) is 4.74 Å². The van der Waals surface area contributed by atoms with Gasteiger partial charge in [0.05, 0.1) is 11.2 Å². The predicted molar refractivity (Wildman–Crippen MR) is 75.1 cm³/mol. The molecule has 1 aliphatic rings. The fraction of sp³-hybridized carbons (Fsp3) is 0.600. The highest BCUT2D eigenvalue weighted by atomic mass is 16.5. The number of hydrogen-bond donors (Lipinski definition) is 1. The van der Waals surface area contributed by atoms with Crippen molar-refractivity contribution in [2.75, 3.05) is 11.9 Å². The first-order chi connectivity index (χ1) is 8.91. The maximum absolute atomic E-state index is 9.27. The Morgan fingerprint density at radius 3 is 2.84 bits per heavy atom. The van der Waals surface area contributed by atoms with Crippen LogP contribution in [0.5, 0.6) is 0 Å². The number of pyridine rings is 1. The number of anilines is 1. The fourth-order valence-electron chi connectivity index (χ4n) is 2.63. The summed E-state index contributed by atoms with van der Waals surface area (Å²) in [7, 11) is 0. The number of ether oxygens (including phenoxy) is 1. The summed E-state index contributed by atoms with van der Waals surface area (Å²) in [6, 6.07) is 4.50. The number of hydrogen-bond acceptors (Lipinski definition) is 4. The van der Waals surface area contributed by atoms with Gasteiger partial charge in [-0.15, -0.1) is 0 Å². The second kappa shape index (κ2) is 5.18. The van der Waals surface area contributed by atoms with Gasteiger partial charge in [0.1, 0.15) is 11.9 Å². The number of aryl methyl sites for hydroxylation is 2. The Kier molecular flexibility index (Phi) is 3.77. The average molecular weight is 259 g/mol. The van der Waals surface area contributed by atoms with Crippen LogP contribution in [-0.4, -0.2) is 23.2 Å². The van der Waals surface area contributed by atoms with E-state index in [1.165, 1.54) is 0 Å². The molecule has 102 valence electrons. The quantitative estimate of drug-likeness (QED) is 0.887. The zero-order valence-corrected chi connectivity index (χ0v) is 12.1. The second-order valence-corrected chi connectivity index (χ2v) is 5.86. The molecular weight excluding hydrogens is 238 g/mol. The van der Waals surface area contributed by atoms with E-state index in [9.17, 15) is 5.26 Å². The van der Waals surface area contributed by atoms with Gasteiger partial charge in [0.15, 0.2) is 0 Å². The van der Waals surface area contributed by atoms with Gasteiger partial charge in [0.2, 0.25) is 0 Å². The predicted octanol–water partition coefficient (Wildman–Crippen LogP) is 2.94. The van der Waals surface area contributed by atoms with E-state index in [0.29, 0.717) is 17.4 Å². The normalized spacial score (nSPS) is 21.7. The van der Waals surface area contributed by atoms with Gasteiger partial charge in [-0.05, 0) is 52.2 Å². The highest BCUT2D eigenvalue weighted by Gasteiger charge is 2.29. The molecule has 1 fully saturated rings. The van der Waals surface area contributed by atoms with Crippen LogP contribution >= 0.6 is 0 Å². The first kappa shape index (κ1) is 13.8. The summed E-state index contributed by atoms with van der Waals surface area (Å²) in [6.45, 7) is 8.85.